The Morgan fingerprint density at radius 1 is 1.07 bits per heavy atom. The third kappa shape index (κ3) is 6.75. The Bertz CT molecular complexity index is 1510. The minimum absolute atomic E-state index is 0.00106. The SMILES string of the molecule is CCCc1cc(Cl)ccc1C1COc2ccc3cc2N(C1)CC1CCC1C(C1CCN(C)C1=O)/C=C/CC(C)C(C)S(=O)NC3=O. The van der Waals surface area contributed by atoms with E-state index in [0.29, 0.717) is 24.0 Å². The zero-order valence-corrected chi connectivity index (χ0v) is 29.1. The van der Waals surface area contributed by atoms with Gasteiger partial charge in [-0.3, -0.25) is 14.3 Å². The quantitative estimate of drug-likeness (QED) is 0.365. The Morgan fingerprint density at radius 3 is 2.61 bits per heavy atom. The zero-order valence-electron chi connectivity index (χ0n) is 27.5. The standard InChI is InChI=1S/C37H48ClN3O4S/c1-5-7-25-18-29(38)12-14-30(25)28-21-41-20-27-10-13-31(27)32(33-16-17-40(4)37(33)43)9-6-8-23(2)24(3)46(44)39-36(42)26-11-15-35(45-22-28)34(41)19-26/h6,9,11-12,14-15,18-19,23-24,27-28,31-33H,5,7-8,10,13,16-17,20-22H2,1-4H3,(H,39,42)/b9-6+. The molecular weight excluding hydrogens is 618 g/mol. The first kappa shape index (κ1) is 33.1. The Balaban J connectivity index is 1.39. The van der Waals surface area contributed by atoms with Crippen LogP contribution in [0.25, 0.3) is 0 Å². The highest BCUT2D eigenvalue weighted by molar-refractivity contribution is 7.84. The number of likely N-dealkylation sites (tertiary alicyclic amines) is 1. The van der Waals surface area contributed by atoms with E-state index in [0.717, 1.165) is 74.6 Å². The van der Waals surface area contributed by atoms with E-state index in [9.17, 15) is 13.8 Å². The smallest absolute Gasteiger partial charge is 0.263 e. The van der Waals surface area contributed by atoms with Crippen molar-refractivity contribution in [1.82, 2.24) is 9.62 Å². The number of fused-ring (bicyclic) bond motifs is 2. The topological polar surface area (TPSA) is 79.0 Å². The molecule has 6 rings (SSSR count). The molecule has 2 amide bonds. The maximum absolute atomic E-state index is 13.4. The summed E-state index contributed by atoms with van der Waals surface area (Å²) in [4.78, 5) is 31.1. The molecule has 4 aliphatic rings. The highest BCUT2D eigenvalue weighted by Crippen LogP contribution is 2.47. The van der Waals surface area contributed by atoms with Crippen LogP contribution in [0.4, 0.5) is 5.69 Å². The summed E-state index contributed by atoms with van der Waals surface area (Å²) in [6.45, 7) is 9.09. The first-order chi connectivity index (χ1) is 22.1. The number of amides is 2. The van der Waals surface area contributed by atoms with Gasteiger partial charge in [-0.1, -0.05) is 50.1 Å². The van der Waals surface area contributed by atoms with Gasteiger partial charge >= 0.3 is 0 Å². The molecule has 1 saturated carbocycles. The van der Waals surface area contributed by atoms with Gasteiger partial charge < -0.3 is 14.5 Å². The van der Waals surface area contributed by atoms with Crippen LogP contribution in [0, 0.1) is 29.6 Å². The van der Waals surface area contributed by atoms with Crippen LogP contribution >= 0.6 is 11.6 Å². The fourth-order valence-electron chi connectivity index (χ4n) is 7.94. The molecule has 1 aliphatic carbocycles. The second kappa shape index (κ2) is 14.1. The molecule has 3 heterocycles. The summed E-state index contributed by atoms with van der Waals surface area (Å²) in [5, 5.41) is 0.518. The number of nitrogens with one attached hydrogen (secondary N) is 1. The van der Waals surface area contributed by atoms with Gasteiger partial charge in [0, 0.05) is 49.1 Å². The van der Waals surface area contributed by atoms with Crippen LogP contribution < -0.4 is 14.4 Å². The number of hydrogen-bond donors (Lipinski definition) is 1. The number of rotatable bonds is 4. The number of aryl methyl sites for hydroxylation is 1. The first-order valence-electron chi connectivity index (χ1n) is 17.1. The molecule has 0 aromatic heterocycles. The fraction of sp³-hybridized carbons (Fsp3) is 0.568. The van der Waals surface area contributed by atoms with E-state index in [4.69, 9.17) is 16.3 Å². The lowest BCUT2D eigenvalue weighted by Gasteiger charge is -2.45. The molecule has 248 valence electrons. The molecular formula is C37H48ClN3O4S. The average Bonchev–Trinajstić information content (AvgIpc) is 3.24. The van der Waals surface area contributed by atoms with Crippen LogP contribution in [0.3, 0.4) is 0 Å². The van der Waals surface area contributed by atoms with Crippen LogP contribution in [-0.2, 0) is 22.2 Å². The summed E-state index contributed by atoms with van der Waals surface area (Å²) in [6, 6.07) is 11.8. The van der Waals surface area contributed by atoms with Gasteiger partial charge in [-0.05, 0) is 104 Å². The molecule has 9 heteroatoms. The normalized spacial score (nSPS) is 32.5. The van der Waals surface area contributed by atoms with Gasteiger partial charge in [0.25, 0.3) is 5.91 Å². The van der Waals surface area contributed by atoms with Gasteiger partial charge in [0.05, 0.1) is 17.5 Å². The second-order valence-corrected chi connectivity index (χ2v) is 16.0. The summed E-state index contributed by atoms with van der Waals surface area (Å²) >= 11 is 6.45. The summed E-state index contributed by atoms with van der Waals surface area (Å²) in [7, 11) is 0.377. The van der Waals surface area contributed by atoms with E-state index < -0.39 is 11.0 Å². The van der Waals surface area contributed by atoms with E-state index in [-0.39, 0.29) is 40.7 Å². The van der Waals surface area contributed by atoms with Gasteiger partial charge in [-0.15, -0.1) is 0 Å². The predicted molar refractivity (Wildman–Crippen MR) is 186 cm³/mol. The first-order valence-corrected chi connectivity index (χ1v) is 18.7. The summed E-state index contributed by atoms with van der Waals surface area (Å²) in [5.74, 6) is 1.87. The number of hydrogen-bond acceptors (Lipinski definition) is 5. The lowest BCUT2D eigenvalue weighted by atomic mass is 9.63. The molecule has 1 N–H and O–H groups in total. The van der Waals surface area contributed by atoms with Gasteiger partial charge in [0.2, 0.25) is 5.91 Å². The highest BCUT2D eigenvalue weighted by atomic mass is 35.5. The monoisotopic (exact) mass is 665 g/mol. The zero-order chi connectivity index (χ0) is 32.5. The van der Waals surface area contributed by atoms with Gasteiger partial charge in [-0.25, -0.2) is 4.21 Å². The maximum atomic E-state index is 13.4. The van der Waals surface area contributed by atoms with Crippen molar-refractivity contribution in [2.45, 2.75) is 70.5 Å². The molecule has 0 radical (unpaired) electrons. The van der Waals surface area contributed by atoms with E-state index in [1.54, 1.807) is 6.07 Å². The average molecular weight is 666 g/mol. The molecule has 7 nitrogen and oxygen atoms in total. The maximum Gasteiger partial charge on any atom is 0.263 e. The Kier molecular flexibility index (Phi) is 10.1. The number of halogens is 1. The number of ether oxygens (including phenoxy) is 1. The molecule has 0 spiro atoms. The molecule has 46 heavy (non-hydrogen) atoms. The number of allylic oxidation sites excluding steroid dienone is 2. The summed E-state index contributed by atoms with van der Waals surface area (Å²) < 4.78 is 22.6. The molecule has 2 bridgehead atoms. The van der Waals surface area contributed by atoms with Crippen molar-refractivity contribution in [3.63, 3.8) is 0 Å². The van der Waals surface area contributed by atoms with Crippen LogP contribution in [0.15, 0.2) is 48.6 Å². The molecule has 2 aromatic rings. The van der Waals surface area contributed by atoms with Crippen molar-refractivity contribution in [3.8, 4) is 5.75 Å². The molecule has 2 aromatic carbocycles. The van der Waals surface area contributed by atoms with Crippen LogP contribution in [0.2, 0.25) is 5.02 Å². The molecule has 3 aliphatic heterocycles. The van der Waals surface area contributed by atoms with Crippen LogP contribution in [-0.4, -0.2) is 59.5 Å². The van der Waals surface area contributed by atoms with E-state index in [2.05, 4.69) is 47.8 Å². The summed E-state index contributed by atoms with van der Waals surface area (Å²) in [6.07, 6.45) is 10.3. The number of anilines is 1. The van der Waals surface area contributed by atoms with Crippen molar-refractivity contribution in [2.24, 2.45) is 29.6 Å². The second-order valence-electron chi connectivity index (χ2n) is 14.0. The Labute approximate surface area is 281 Å². The molecule has 8 unspecified atom stereocenters. The third-order valence-corrected chi connectivity index (χ3v) is 12.8. The van der Waals surface area contributed by atoms with Crippen molar-refractivity contribution in [3.05, 3.63) is 70.3 Å². The van der Waals surface area contributed by atoms with Crippen LogP contribution in [0.1, 0.15) is 80.3 Å². The Hall–Kier alpha value is -2.84. The number of nitrogens with zero attached hydrogens (tertiary/aromatic N) is 2. The molecule has 8 atom stereocenters. The van der Waals surface area contributed by atoms with E-state index in [1.165, 1.54) is 11.1 Å². The fourth-order valence-corrected chi connectivity index (χ4v) is 9.16. The van der Waals surface area contributed by atoms with Crippen molar-refractivity contribution in [2.75, 3.05) is 38.2 Å². The third-order valence-electron chi connectivity index (χ3n) is 11.1. The van der Waals surface area contributed by atoms with Crippen molar-refractivity contribution >= 4 is 40.1 Å². The lowest BCUT2D eigenvalue weighted by Crippen LogP contribution is -2.44. The van der Waals surface area contributed by atoms with E-state index >= 15 is 0 Å². The number of carbonyl (C=O) groups is 2. The van der Waals surface area contributed by atoms with E-state index in [1.807, 2.05) is 37.1 Å². The van der Waals surface area contributed by atoms with Gasteiger partial charge in [0.1, 0.15) is 16.7 Å². The largest absolute Gasteiger partial charge is 0.491 e. The highest BCUT2D eigenvalue weighted by Gasteiger charge is 2.45. The van der Waals surface area contributed by atoms with Crippen molar-refractivity contribution < 1.29 is 18.5 Å². The molecule has 2 fully saturated rings. The van der Waals surface area contributed by atoms with Crippen LogP contribution in [0.5, 0.6) is 5.75 Å². The molecule has 1 saturated heterocycles. The van der Waals surface area contributed by atoms with Crippen molar-refractivity contribution in [1.29, 1.82) is 0 Å². The van der Waals surface area contributed by atoms with Gasteiger partial charge in [-0.2, -0.15) is 0 Å². The Morgan fingerprint density at radius 2 is 1.89 bits per heavy atom. The van der Waals surface area contributed by atoms with Gasteiger partial charge in [0.15, 0.2) is 0 Å². The lowest BCUT2D eigenvalue weighted by molar-refractivity contribution is -0.132. The number of benzene rings is 2. The summed E-state index contributed by atoms with van der Waals surface area (Å²) in [5.41, 5.74) is 3.89. The predicted octanol–water partition coefficient (Wildman–Crippen LogP) is 6.77. The number of carbonyl (C=O) groups excluding carboxylic acids is 2. The minimum Gasteiger partial charge on any atom is -0.491 e. The minimum atomic E-state index is -1.54.